The van der Waals surface area contributed by atoms with Crippen LogP contribution in [0.4, 0.5) is 0 Å². The van der Waals surface area contributed by atoms with E-state index in [1.807, 2.05) is 25.1 Å². The number of hydrogen-bond donors (Lipinski definition) is 1. The Morgan fingerprint density at radius 1 is 0.840 bits per heavy atom. The molecular weight excluding hydrogens is 330 g/mol. The van der Waals surface area contributed by atoms with Crippen LogP contribution in [0.15, 0.2) is 66.0 Å². The maximum absolute atomic E-state index is 5.93. The van der Waals surface area contributed by atoms with Crippen LogP contribution in [0, 0.1) is 0 Å². The summed E-state index contributed by atoms with van der Waals surface area (Å²) in [6.45, 7) is 4.82. The Hall–Kier alpha value is -2.30. The molecule has 0 saturated heterocycles. The normalized spacial score (nSPS) is 10.6. The molecule has 0 bridgehead atoms. The Kier molecular flexibility index (Phi) is 6.48. The standard InChI is InChI=1S/C21H23NO2S/c1-2-23-21-13-18(15-22-14-17-7-4-3-5-8-17)10-11-20(21)24-16-19-9-6-12-25-19/h3-13,22H,2,14-16H2,1H3. The molecule has 25 heavy (non-hydrogen) atoms. The zero-order chi connectivity index (χ0) is 17.3. The fourth-order valence-electron chi connectivity index (χ4n) is 2.54. The highest BCUT2D eigenvalue weighted by Crippen LogP contribution is 2.29. The van der Waals surface area contributed by atoms with Gasteiger partial charge in [-0.3, -0.25) is 0 Å². The van der Waals surface area contributed by atoms with Gasteiger partial charge in [-0.15, -0.1) is 11.3 Å². The monoisotopic (exact) mass is 353 g/mol. The lowest BCUT2D eigenvalue weighted by atomic mass is 10.2. The van der Waals surface area contributed by atoms with Gasteiger partial charge in [0.15, 0.2) is 11.5 Å². The summed E-state index contributed by atoms with van der Waals surface area (Å²) >= 11 is 1.70. The lowest BCUT2D eigenvalue weighted by Crippen LogP contribution is -2.12. The Bertz CT molecular complexity index is 757. The van der Waals surface area contributed by atoms with Crippen LogP contribution < -0.4 is 14.8 Å². The molecule has 0 spiro atoms. The van der Waals surface area contributed by atoms with Gasteiger partial charge >= 0.3 is 0 Å². The van der Waals surface area contributed by atoms with Gasteiger partial charge in [-0.25, -0.2) is 0 Å². The van der Waals surface area contributed by atoms with Gasteiger partial charge in [-0.2, -0.15) is 0 Å². The SMILES string of the molecule is CCOc1cc(CNCc2ccccc2)ccc1OCc1cccs1. The van der Waals surface area contributed by atoms with Gasteiger partial charge < -0.3 is 14.8 Å². The Morgan fingerprint density at radius 2 is 1.68 bits per heavy atom. The Labute approximate surface area is 153 Å². The highest BCUT2D eigenvalue weighted by Gasteiger charge is 2.07. The molecule has 4 heteroatoms. The average Bonchev–Trinajstić information content (AvgIpc) is 3.16. The number of hydrogen-bond acceptors (Lipinski definition) is 4. The third kappa shape index (κ3) is 5.34. The second kappa shape index (κ2) is 9.25. The zero-order valence-corrected chi connectivity index (χ0v) is 15.2. The van der Waals surface area contributed by atoms with Gasteiger partial charge in [0, 0.05) is 18.0 Å². The molecule has 3 rings (SSSR count). The molecule has 0 fully saturated rings. The minimum absolute atomic E-state index is 0.573. The quantitative estimate of drug-likeness (QED) is 0.586. The molecule has 3 aromatic rings. The Balaban J connectivity index is 1.59. The molecule has 2 aromatic carbocycles. The van der Waals surface area contributed by atoms with Crippen LogP contribution in [0.25, 0.3) is 0 Å². The molecule has 1 N–H and O–H groups in total. The van der Waals surface area contributed by atoms with E-state index in [1.165, 1.54) is 16.0 Å². The third-order valence-electron chi connectivity index (χ3n) is 3.76. The summed E-state index contributed by atoms with van der Waals surface area (Å²) in [5.41, 5.74) is 2.46. The van der Waals surface area contributed by atoms with Crippen molar-refractivity contribution in [1.82, 2.24) is 5.32 Å². The van der Waals surface area contributed by atoms with E-state index < -0.39 is 0 Å². The van der Waals surface area contributed by atoms with E-state index in [-0.39, 0.29) is 0 Å². The molecule has 0 aliphatic rings. The summed E-state index contributed by atoms with van der Waals surface area (Å²) < 4.78 is 11.7. The van der Waals surface area contributed by atoms with Gasteiger partial charge in [0.25, 0.3) is 0 Å². The zero-order valence-electron chi connectivity index (χ0n) is 14.4. The summed E-state index contributed by atoms with van der Waals surface area (Å²) in [5.74, 6) is 1.60. The topological polar surface area (TPSA) is 30.5 Å². The van der Waals surface area contributed by atoms with E-state index in [2.05, 4.69) is 53.2 Å². The van der Waals surface area contributed by atoms with Crippen molar-refractivity contribution >= 4 is 11.3 Å². The van der Waals surface area contributed by atoms with E-state index in [4.69, 9.17) is 9.47 Å². The fourth-order valence-corrected chi connectivity index (χ4v) is 3.16. The Morgan fingerprint density at radius 3 is 2.44 bits per heavy atom. The van der Waals surface area contributed by atoms with Gasteiger partial charge in [-0.05, 0) is 41.6 Å². The molecule has 3 nitrogen and oxygen atoms in total. The summed E-state index contributed by atoms with van der Waals surface area (Å²) in [6.07, 6.45) is 0. The molecular formula is C21H23NO2S. The first-order chi connectivity index (χ1) is 12.3. The minimum atomic E-state index is 0.573. The molecule has 0 aliphatic carbocycles. The van der Waals surface area contributed by atoms with Crippen molar-refractivity contribution in [3.05, 3.63) is 82.0 Å². The molecule has 0 unspecified atom stereocenters. The molecule has 0 saturated carbocycles. The number of benzene rings is 2. The van der Waals surface area contributed by atoms with Crippen LogP contribution in [-0.2, 0) is 19.7 Å². The lowest BCUT2D eigenvalue weighted by Gasteiger charge is -2.13. The molecule has 1 aromatic heterocycles. The predicted octanol–water partition coefficient (Wildman–Crippen LogP) is 5.02. The largest absolute Gasteiger partial charge is 0.490 e. The molecule has 130 valence electrons. The van der Waals surface area contributed by atoms with E-state index in [1.54, 1.807) is 11.3 Å². The van der Waals surface area contributed by atoms with Gasteiger partial charge in [0.05, 0.1) is 6.61 Å². The van der Waals surface area contributed by atoms with E-state index in [9.17, 15) is 0 Å². The van der Waals surface area contributed by atoms with Gasteiger partial charge in [-0.1, -0.05) is 42.5 Å². The van der Waals surface area contributed by atoms with Crippen molar-refractivity contribution < 1.29 is 9.47 Å². The van der Waals surface area contributed by atoms with Gasteiger partial charge in [0.1, 0.15) is 6.61 Å². The highest BCUT2D eigenvalue weighted by molar-refractivity contribution is 7.09. The number of nitrogens with one attached hydrogen (secondary N) is 1. The van der Waals surface area contributed by atoms with Crippen molar-refractivity contribution in [2.45, 2.75) is 26.6 Å². The van der Waals surface area contributed by atoms with Crippen molar-refractivity contribution in [3.8, 4) is 11.5 Å². The number of rotatable bonds is 9. The number of ether oxygens (including phenoxy) is 2. The van der Waals surface area contributed by atoms with E-state index in [0.717, 1.165) is 24.6 Å². The van der Waals surface area contributed by atoms with Crippen molar-refractivity contribution in [2.24, 2.45) is 0 Å². The number of thiophene rings is 1. The molecule has 0 radical (unpaired) electrons. The maximum Gasteiger partial charge on any atom is 0.161 e. The van der Waals surface area contributed by atoms with Crippen LogP contribution in [-0.4, -0.2) is 6.61 Å². The second-order valence-electron chi connectivity index (χ2n) is 5.67. The lowest BCUT2D eigenvalue weighted by molar-refractivity contribution is 0.271. The minimum Gasteiger partial charge on any atom is -0.490 e. The van der Waals surface area contributed by atoms with Crippen LogP contribution in [0.5, 0.6) is 11.5 Å². The van der Waals surface area contributed by atoms with Crippen molar-refractivity contribution in [3.63, 3.8) is 0 Å². The molecule has 0 atom stereocenters. The van der Waals surface area contributed by atoms with Crippen LogP contribution in [0.3, 0.4) is 0 Å². The smallest absolute Gasteiger partial charge is 0.161 e. The van der Waals surface area contributed by atoms with Crippen LogP contribution in [0.1, 0.15) is 22.9 Å². The van der Waals surface area contributed by atoms with Crippen molar-refractivity contribution in [2.75, 3.05) is 6.61 Å². The van der Waals surface area contributed by atoms with E-state index >= 15 is 0 Å². The summed E-state index contributed by atoms with van der Waals surface area (Å²) in [4.78, 5) is 1.20. The first kappa shape index (κ1) is 17.5. The first-order valence-corrected chi connectivity index (χ1v) is 9.38. The third-order valence-corrected chi connectivity index (χ3v) is 4.61. The molecule has 0 amide bonds. The van der Waals surface area contributed by atoms with Crippen molar-refractivity contribution in [1.29, 1.82) is 0 Å². The second-order valence-corrected chi connectivity index (χ2v) is 6.70. The molecule has 1 heterocycles. The van der Waals surface area contributed by atoms with Crippen LogP contribution in [0.2, 0.25) is 0 Å². The van der Waals surface area contributed by atoms with Gasteiger partial charge in [0.2, 0.25) is 0 Å². The summed E-state index contributed by atoms with van der Waals surface area (Å²) in [7, 11) is 0. The fraction of sp³-hybridized carbons (Fsp3) is 0.238. The summed E-state index contributed by atoms with van der Waals surface area (Å²) in [6, 6.07) is 20.7. The predicted molar refractivity (Wildman–Crippen MR) is 103 cm³/mol. The summed E-state index contributed by atoms with van der Waals surface area (Å²) in [5, 5.41) is 5.53. The highest BCUT2D eigenvalue weighted by atomic mass is 32.1. The molecule has 0 aliphatic heterocycles. The first-order valence-electron chi connectivity index (χ1n) is 8.50. The van der Waals surface area contributed by atoms with E-state index in [0.29, 0.717) is 13.2 Å². The average molecular weight is 353 g/mol. The maximum atomic E-state index is 5.93. The van der Waals surface area contributed by atoms with Crippen LogP contribution >= 0.6 is 11.3 Å².